The lowest BCUT2D eigenvalue weighted by Gasteiger charge is -2.71. The van der Waals surface area contributed by atoms with E-state index in [1.807, 2.05) is 26.1 Å². The van der Waals surface area contributed by atoms with E-state index in [2.05, 4.69) is 63.8 Å². The number of benzene rings is 4. The molecule has 0 aromatic heterocycles. The lowest BCUT2D eigenvalue weighted by Crippen LogP contribution is -2.71. The summed E-state index contributed by atoms with van der Waals surface area (Å²) in [7, 11) is 5.15. The molecule has 0 unspecified atom stereocenters. The summed E-state index contributed by atoms with van der Waals surface area (Å²) in [5, 5.41) is 84.6. The molecule has 7 aliphatic carbocycles. The van der Waals surface area contributed by atoms with Crippen LogP contribution >= 0.6 is 0 Å². The average molecular weight is 1220 g/mol. The Bertz CT molecular complexity index is 3520. The van der Waals surface area contributed by atoms with Crippen LogP contribution in [0.25, 0.3) is 17.2 Å². The third-order valence-corrected chi connectivity index (χ3v) is 23.1. The molecule has 14 atom stereocenters. The van der Waals surface area contributed by atoms with E-state index < -0.39 is 35.1 Å². The van der Waals surface area contributed by atoms with Gasteiger partial charge in [-0.25, -0.2) is 0 Å². The van der Waals surface area contributed by atoms with Gasteiger partial charge in [0.15, 0.2) is 17.7 Å². The van der Waals surface area contributed by atoms with Gasteiger partial charge in [0.05, 0.1) is 44.1 Å². The maximum atomic E-state index is 15.0. The molecule has 2 amide bonds. The Hall–Kier alpha value is -6.48. The van der Waals surface area contributed by atoms with Crippen molar-refractivity contribution in [2.45, 2.75) is 106 Å². The van der Waals surface area contributed by atoms with Crippen molar-refractivity contribution >= 4 is 23.6 Å². The van der Waals surface area contributed by atoms with Gasteiger partial charge in [0.2, 0.25) is 5.75 Å². The molecule has 4 aromatic rings. The number of rotatable bonds is 22. The van der Waals surface area contributed by atoms with Crippen LogP contribution < -0.4 is 45.0 Å². The molecule has 3 saturated carbocycles. The van der Waals surface area contributed by atoms with Crippen molar-refractivity contribution in [3.63, 3.8) is 0 Å². The fourth-order valence-electron chi connectivity index (χ4n) is 19.7. The molecule has 0 spiro atoms. The fourth-order valence-corrected chi connectivity index (χ4v) is 19.7. The van der Waals surface area contributed by atoms with E-state index in [4.69, 9.17) is 23.7 Å². The highest BCUT2D eigenvalue weighted by molar-refractivity contribution is 6.17. The number of phenols is 1. The number of aliphatic hydroxyl groups is 5. The van der Waals surface area contributed by atoms with Crippen LogP contribution in [-0.4, -0.2) is 140 Å². The van der Waals surface area contributed by atoms with Gasteiger partial charge in [0, 0.05) is 95.3 Å². The topological polar surface area (TPSA) is 253 Å². The molecule has 3 fully saturated rings. The standard InChI is InChI=1S/C71H87N5O13/c1-5-74-36-89-56-30-54(86-23-21-72-2)44-15-16-45-61-53(75-68(83)64(56)63(44)61)29-55-62(45)66(81)49(35-88-55)39-24-57(85-4)67(82)58(25-39)87-34-41(32-78)71-50-17-13-38-10-9-11-43(65(38)71)46-27-51(71)47(60-42(46)14-12-37(18-22-77)48(60)33-79)28-52(50)70(19-7-6-8-20-70)76-59(80)26-40(31-73-3)69(76)84/h9-14,17,24-26,29-30,37,41-42,46-52,60,66,68,72-75,77-79,81-83H,5-8,15-16,18-23,27-28,31-36H2,1-4H3/t37-,41-,42-,46-,47+,48-,49-,50+,51+,52-,60-,66-,68-,71-/m0/s1. The number of amides is 2. The molecule has 10 N–H and O–H groups in total. The molecule has 3 aliphatic heterocycles. The van der Waals surface area contributed by atoms with Crippen LogP contribution in [0, 0.1) is 53.3 Å². The van der Waals surface area contributed by atoms with Crippen LogP contribution in [0.5, 0.6) is 34.5 Å². The summed E-state index contributed by atoms with van der Waals surface area (Å²) < 4.78 is 32.4. The minimum absolute atomic E-state index is 0.00414. The van der Waals surface area contributed by atoms with Gasteiger partial charge in [-0.2, -0.15) is 0 Å². The summed E-state index contributed by atoms with van der Waals surface area (Å²) in [6.45, 7) is 3.92. The predicted molar refractivity (Wildman–Crippen MR) is 335 cm³/mol. The number of aromatic hydroxyl groups is 1. The summed E-state index contributed by atoms with van der Waals surface area (Å²) in [4.78, 5) is 31.4. The third kappa shape index (κ3) is 9.21. The molecule has 14 rings (SSSR count). The Balaban J connectivity index is 0.863. The molecule has 18 nitrogen and oxygen atoms in total. The van der Waals surface area contributed by atoms with Gasteiger partial charge in [0.25, 0.3) is 11.8 Å². The third-order valence-electron chi connectivity index (χ3n) is 23.1. The highest BCUT2D eigenvalue weighted by Gasteiger charge is 2.71. The number of methoxy groups -OCH3 is 1. The van der Waals surface area contributed by atoms with Crippen LogP contribution in [0.15, 0.2) is 72.3 Å². The summed E-state index contributed by atoms with van der Waals surface area (Å²) in [6.07, 6.45) is 15.7. The number of aliphatic hydroxyl groups excluding tert-OH is 5. The van der Waals surface area contributed by atoms with Crippen molar-refractivity contribution in [3.05, 3.63) is 117 Å². The first kappa shape index (κ1) is 60.1. The zero-order chi connectivity index (χ0) is 61.6. The number of hydrogen-bond donors (Lipinski definition) is 10. The number of fused-ring (bicyclic) bond motifs is 7. The normalized spacial score (nSPS) is 30.5. The average Bonchev–Trinajstić information content (AvgIpc) is 0.760. The number of carbonyl (C=O) groups excluding carboxylic acids is 2. The lowest BCUT2D eigenvalue weighted by atomic mass is 9.34. The van der Waals surface area contributed by atoms with E-state index in [-0.39, 0.29) is 129 Å². The first-order valence-electron chi connectivity index (χ1n) is 32.8. The number of allylic oxidation sites excluding steroid dienone is 3. The quantitative estimate of drug-likeness (QED) is 0.0161. The summed E-state index contributed by atoms with van der Waals surface area (Å²) >= 11 is 0. The molecular weight excluding hydrogens is 1130 g/mol. The number of hydrogen-bond acceptors (Lipinski definition) is 17. The van der Waals surface area contributed by atoms with E-state index in [0.29, 0.717) is 103 Å². The second-order valence-electron chi connectivity index (χ2n) is 26.8. The SMILES string of the molecule is CCNCOc1cc(OCCNC)c2c3c1[C@H](O)Nc1cc4c(c(c1-3)CC2)[C@@H](O)[C@H](c1cc(OC)c(O)c(OC[C@H](CO)[C@@]23c5c6cccc5[C@H]5C[C@@H]2[C@@H](C[C@H](C2(N7C(=O)C=C(CNC)C7=O)CCCCC2)[C@H]3C=C6)[C@@H]2[C@H]5C=C[C@@H](CCO)[C@@H]2CO)c1)CO4. The number of nitrogens with one attached hydrogen (secondary N) is 4. The predicted octanol–water partition coefficient (Wildman–Crippen LogP) is 7.28. The van der Waals surface area contributed by atoms with Gasteiger partial charge in [0.1, 0.15) is 30.6 Å². The Labute approximate surface area is 520 Å². The minimum Gasteiger partial charge on any atom is -0.502 e. The van der Waals surface area contributed by atoms with E-state index in [1.54, 1.807) is 24.1 Å². The van der Waals surface area contributed by atoms with E-state index in [0.717, 1.165) is 53.5 Å². The van der Waals surface area contributed by atoms with Gasteiger partial charge < -0.3 is 70.3 Å². The van der Waals surface area contributed by atoms with Crippen molar-refractivity contribution in [1.82, 2.24) is 20.9 Å². The van der Waals surface area contributed by atoms with Crippen molar-refractivity contribution in [2.24, 2.45) is 53.3 Å². The fraction of sp³-hybridized carbons (Fsp3) is 0.549. The number of likely N-dealkylation sites (N-methyl/N-ethyl adjacent to an activating group) is 2. The zero-order valence-corrected chi connectivity index (χ0v) is 51.6. The first-order chi connectivity index (χ1) is 43.4. The Kier molecular flexibility index (Phi) is 16.2. The van der Waals surface area contributed by atoms with Gasteiger partial charge >= 0.3 is 0 Å². The van der Waals surface area contributed by atoms with Crippen LogP contribution in [0.1, 0.15) is 127 Å². The summed E-state index contributed by atoms with van der Waals surface area (Å²) in [6, 6.07) is 13.8. The molecule has 2 bridgehead atoms. The molecule has 18 heteroatoms. The van der Waals surface area contributed by atoms with Gasteiger partial charge in [-0.1, -0.05) is 68.7 Å². The van der Waals surface area contributed by atoms with Crippen LogP contribution in [-0.2, 0) is 27.8 Å². The second-order valence-corrected chi connectivity index (χ2v) is 26.8. The largest absolute Gasteiger partial charge is 0.502 e. The van der Waals surface area contributed by atoms with Gasteiger partial charge in [-0.3, -0.25) is 19.8 Å². The number of phenolic OH excluding ortho intramolecular Hbond substituents is 1. The van der Waals surface area contributed by atoms with Gasteiger partial charge in [-0.05, 0) is 159 Å². The Morgan fingerprint density at radius 1 is 0.865 bits per heavy atom. The smallest absolute Gasteiger partial charge is 0.258 e. The molecule has 89 heavy (non-hydrogen) atoms. The molecule has 474 valence electrons. The molecular formula is C71H87N5O13. The van der Waals surface area contributed by atoms with Gasteiger partial charge in [-0.15, -0.1) is 0 Å². The molecule has 3 heterocycles. The first-order valence-corrected chi connectivity index (χ1v) is 32.8. The van der Waals surface area contributed by atoms with Crippen LogP contribution in [0.3, 0.4) is 0 Å². The monoisotopic (exact) mass is 1220 g/mol. The maximum Gasteiger partial charge on any atom is 0.258 e. The second kappa shape index (κ2) is 24.0. The van der Waals surface area contributed by atoms with E-state index in [9.17, 15) is 40.2 Å². The highest BCUT2D eigenvalue weighted by Crippen LogP contribution is 2.74. The van der Waals surface area contributed by atoms with Crippen molar-refractivity contribution in [3.8, 4) is 45.6 Å². The number of anilines is 1. The van der Waals surface area contributed by atoms with Crippen molar-refractivity contribution < 1.29 is 63.9 Å². The molecule has 10 aliphatic rings. The summed E-state index contributed by atoms with van der Waals surface area (Å²) in [5.74, 6) is -0.644. The van der Waals surface area contributed by atoms with Crippen molar-refractivity contribution in [2.75, 3.05) is 92.5 Å². The lowest BCUT2D eigenvalue weighted by molar-refractivity contribution is -0.170. The minimum atomic E-state index is -1.10. The highest BCUT2D eigenvalue weighted by atomic mass is 16.5. The number of nitrogens with zero attached hydrogens (tertiary/aromatic N) is 1. The Morgan fingerprint density at radius 3 is 2.45 bits per heavy atom. The molecule has 0 saturated heterocycles. The molecule has 0 radical (unpaired) electrons. The number of ether oxygens (including phenoxy) is 5. The van der Waals surface area contributed by atoms with Crippen LogP contribution in [0.4, 0.5) is 5.69 Å². The Morgan fingerprint density at radius 2 is 1.69 bits per heavy atom. The van der Waals surface area contributed by atoms with E-state index in [1.165, 1.54) is 24.3 Å². The summed E-state index contributed by atoms with van der Waals surface area (Å²) in [5.41, 5.74) is 8.29. The number of carbonyl (C=O) groups is 2. The number of imide groups is 1. The van der Waals surface area contributed by atoms with Crippen molar-refractivity contribution in [1.29, 1.82) is 0 Å². The van der Waals surface area contributed by atoms with E-state index >= 15 is 0 Å². The van der Waals surface area contributed by atoms with Crippen LogP contribution in [0.2, 0.25) is 0 Å². The molecule has 4 aromatic carbocycles. The maximum absolute atomic E-state index is 15.0. The zero-order valence-electron chi connectivity index (χ0n) is 51.6.